The first-order valence-corrected chi connectivity index (χ1v) is 9.17. The first kappa shape index (κ1) is 15.7. The molecule has 4 saturated carbocycles. The maximum atomic E-state index is 12.3. The lowest BCUT2D eigenvalue weighted by Gasteiger charge is -2.56. The summed E-state index contributed by atoms with van der Waals surface area (Å²) in [5.74, 6) is 2.70. The molecule has 2 amide bonds. The van der Waals surface area contributed by atoms with E-state index in [1.54, 1.807) is 18.2 Å². The number of anilines is 1. The number of hydrogen-bond donors (Lipinski definition) is 2. The summed E-state index contributed by atoms with van der Waals surface area (Å²) in [6.07, 6.45) is 8.13. The number of carbonyl (C=O) groups excluding carboxylic acids is 2. The predicted octanol–water partition coefficient (Wildman–Crippen LogP) is 4.23. The Hall–Kier alpha value is -1.84. The number of carbonyl (C=O) groups is 2. The van der Waals surface area contributed by atoms with Gasteiger partial charge >= 0.3 is 6.03 Å². The molecule has 0 spiro atoms. The molecule has 4 nitrogen and oxygen atoms in total. The van der Waals surface area contributed by atoms with E-state index in [2.05, 4.69) is 10.6 Å². The Bertz CT molecular complexity index is 632. The number of nitrogens with one attached hydrogen (secondary N) is 2. The molecular weight excluding hydrogens is 300 g/mol. The SMILES string of the molecule is CC(=O)c1cccc(NC(=O)NCC23CC4CC(CC(C4)C2)C3)c1. The molecule has 4 heteroatoms. The van der Waals surface area contributed by atoms with Crippen LogP contribution in [-0.2, 0) is 0 Å². The quantitative estimate of drug-likeness (QED) is 0.814. The monoisotopic (exact) mass is 326 g/mol. The highest BCUT2D eigenvalue weighted by atomic mass is 16.2. The highest BCUT2D eigenvalue weighted by Crippen LogP contribution is 2.59. The van der Waals surface area contributed by atoms with Gasteiger partial charge in [0.1, 0.15) is 0 Å². The molecule has 1 aromatic carbocycles. The van der Waals surface area contributed by atoms with Crippen molar-refractivity contribution < 1.29 is 9.59 Å². The van der Waals surface area contributed by atoms with Gasteiger partial charge < -0.3 is 10.6 Å². The van der Waals surface area contributed by atoms with E-state index in [1.165, 1.54) is 45.4 Å². The highest BCUT2D eigenvalue weighted by molar-refractivity contribution is 5.96. The molecule has 128 valence electrons. The molecule has 4 aliphatic rings. The Labute approximate surface area is 143 Å². The molecule has 4 aliphatic carbocycles. The number of Topliss-reactive ketones (excluding diaryl/α,β-unsaturated/α-hetero) is 1. The minimum atomic E-state index is -0.161. The van der Waals surface area contributed by atoms with E-state index in [0.717, 1.165) is 24.3 Å². The van der Waals surface area contributed by atoms with Crippen molar-refractivity contribution in [3.05, 3.63) is 29.8 Å². The van der Waals surface area contributed by atoms with E-state index in [4.69, 9.17) is 0 Å². The van der Waals surface area contributed by atoms with Gasteiger partial charge in [-0.2, -0.15) is 0 Å². The second-order valence-corrected chi connectivity index (χ2v) is 8.36. The maximum absolute atomic E-state index is 12.3. The molecule has 0 radical (unpaired) electrons. The van der Waals surface area contributed by atoms with Gasteiger partial charge in [0, 0.05) is 17.8 Å². The molecule has 0 atom stereocenters. The lowest BCUT2D eigenvalue weighted by molar-refractivity contribution is -0.0496. The van der Waals surface area contributed by atoms with Gasteiger partial charge in [-0.15, -0.1) is 0 Å². The van der Waals surface area contributed by atoms with Crippen LogP contribution in [0.5, 0.6) is 0 Å². The van der Waals surface area contributed by atoms with Gasteiger partial charge in [0.15, 0.2) is 5.78 Å². The molecule has 0 saturated heterocycles. The van der Waals surface area contributed by atoms with Crippen LogP contribution in [0.4, 0.5) is 10.5 Å². The van der Waals surface area contributed by atoms with Gasteiger partial charge in [-0.25, -0.2) is 4.79 Å². The summed E-state index contributed by atoms with van der Waals surface area (Å²) in [5.41, 5.74) is 1.63. The van der Waals surface area contributed by atoms with Gasteiger partial charge in [0.2, 0.25) is 0 Å². The van der Waals surface area contributed by atoms with Crippen LogP contribution in [-0.4, -0.2) is 18.4 Å². The van der Waals surface area contributed by atoms with Crippen molar-refractivity contribution in [3.63, 3.8) is 0 Å². The zero-order chi connectivity index (χ0) is 16.7. The number of urea groups is 1. The van der Waals surface area contributed by atoms with Crippen molar-refractivity contribution in [3.8, 4) is 0 Å². The summed E-state index contributed by atoms with van der Waals surface area (Å²) < 4.78 is 0. The van der Waals surface area contributed by atoms with Gasteiger partial charge in [-0.3, -0.25) is 4.79 Å². The first-order chi connectivity index (χ1) is 11.5. The molecule has 0 heterocycles. The molecule has 4 fully saturated rings. The van der Waals surface area contributed by atoms with E-state index in [9.17, 15) is 9.59 Å². The fourth-order valence-corrected chi connectivity index (χ4v) is 5.77. The largest absolute Gasteiger partial charge is 0.337 e. The van der Waals surface area contributed by atoms with Gasteiger partial charge in [0.25, 0.3) is 0 Å². The minimum Gasteiger partial charge on any atom is -0.337 e. The second-order valence-electron chi connectivity index (χ2n) is 8.36. The van der Waals surface area contributed by atoms with Crippen LogP contribution < -0.4 is 10.6 Å². The third-order valence-corrected chi connectivity index (χ3v) is 6.32. The van der Waals surface area contributed by atoms with Gasteiger partial charge in [-0.1, -0.05) is 12.1 Å². The zero-order valence-corrected chi connectivity index (χ0v) is 14.3. The fourth-order valence-electron chi connectivity index (χ4n) is 5.77. The molecule has 2 N–H and O–H groups in total. The number of ketones is 1. The van der Waals surface area contributed by atoms with Crippen molar-refractivity contribution in [1.29, 1.82) is 0 Å². The molecule has 0 aromatic heterocycles. The summed E-state index contributed by atoms with van der Waals surface area (Å²) in [7, 11) is 0. The third kappa shape index (κ3) is 3.06. The predicted molar refractivity (Wildman–Crippen MR) is 94.1 cm³/mol. The molecule has 0 aliphatic heterocycles. The van der Waals surface area contributed by atoms with Crippen molar-refractivity contribution in [2.45, 2.75) is 45.4 Å². The van der Waals surface area contributed by atoms with Crippen LogP contribution >= 0.6 is 0 Å². The molecule has 5 rings (SSSR count). The lowest BCUT2D eigenvalue weighted by Crippen LogP contribution is -2.51. The second kappa shape index (κ2) is 5.91. The average molecular weight is 326 g/mol. The van der Waals surface area contributed by atoms with Crippen molar-refractivity contribution in [2.24, 2.45) is 23.2 Å². The van der Waals surface area contributed by atoms with Crippen LogP contribution in [0, 0.1) is 23.2 Å². The van der Waals surface area contributed by atoms with E-state index in [1.807, 2.05) is 6.07 Å². The minimum absolute atomic E-state index is 0.00706. The smallest absolute Gasteiger partial charge is 0.319 e. The average Bonchev–Trinajstić information content (AvgIpc) is 2.52. The van der Waals surface area contributed by atoms with Crippen molar-refractivity contribution in [1.82, 2.24) is 5.32 Å². The molecule has 24 heavy (non-hydrogen) atoms. The summed E-state index contributed by atoms with van der Waals surface area (Å²) in [6, 6.07) is 6.95. The number of hydrogen-bond acceptors (Lipinski definition) is 2. The number of rotatable bonds is 4. The normalized spacial score (nSPS) is 33.3. The fraction of sp³-hybridized carbons (Fsp3) is 0.600. The Morgan fingerprint density at radius 1 is 1.08 bits per heavy atom. The molecular formula is C20H26N2O2. The number of amides is 2. The van der Waals surface area contributed by atoms with E-state index >= 15 is 0 Å². The topological polar surface area (TPSA) is 58.2 Å². The first-order valence-electron chi connectivity index (χ1n) is 9.17. The molecule has 1 aromatic rings. The van der Waals surface area contributed by atoms with E-state index in [0.29, 0.717) is 16.7 Å². The highest BCUT2D eigenvalue weighted by Gasteiger charge is 2.50. The Balaban J connectivity index is 1.35. The number of benzene rings is 1. The van der Waals surface area contributed by atoms with Crippen LogP contribution in [0.15, 0.2) is 24.3 Å². The van der Waals surface area contributed by atoms with Crippen LogP contribution in [0.25, 0.3) is 0 Å². The molecule has 4 bridgehead atoms. The summed E-state index contributed by atoms with van der Waals surface area (Å²) in [5, 5.41) is 5.97. The van der Waals surface area contributed by atoms with Crippen LogP contribution in [0.2, 0.25) is 0 Å². The van der Waals surface area contributed by atoms with Crippen LogP contribution in [0.1, 0.15) is 55.8 Å². The lowest BCUT2D eigenvalue weighted by atomic mass is 9.49. The summed E-state index contributed by atoms with van der Waals surface area (Å²) in [6.45, 7) is 2.32. The molecule has 0 unspecified atom stereocenters. The summed E-state index contributed by atoms with van der Waals surface area (Å²) in [4.78, 5) is 23.7. The standard InChI is InChI=1S/C20H26N2O2/c1-13(23)17-3-2-4-18(8-17)22-19(24)21-12-20-9-14-5-15(10-20)7-16(6-14)11-20/h2-4,8,14-16H,5-7,9-12H2,1H3,(H2,21,22,24). The van der Waals surface area contributed by atoms with Crippen molar-refractivity contribution >= 4 is 17.5 Å². The van der Waals surface area contributed by atoms with Gasteiger partial charge in [-0.05, 0) is 80.8 Å². The Morgan fingerprint density at radius 2 is 1.71 bits per heavy atom. The maximum Gasteiger partial charge on any atom is 0.319 e. The van der Waals surface area contributed by atoms with E-state index < -0.39 is 0 Å². The van der Waals surface area contributed by atoms with Gasteiger partial charge in [0.05, 0.1) is 0 Å². The van der Waals surface area contributed by atoms with Crippen molar-refractivity contribution in [2.75, 3.05) is 11.9 Å². The van der Waals surface area contributed by atoms with E-state index in [-0.39, 0.29) is 11.8 Å². The Morgan fingerprint density at radius 3 is 2.29 bits per heavy atom. The van der Waals surface area contributed by atoms with Crippen LogP contribution in [0.3, 0.4) is 0 Å². The zero-order valence-electron chi connectivity index (χ0n) is 14.3. The Kier molecular flexibility index (Phi) is 3.86. The summed E-state index contributed by atoms with van der Waals surface area (Å²) >= 11 is 0. The third-order valence-electron chi connectivity index (χ3n) is 6.32.